The van der Waals surface area contributed by atoms with Gasteiger partial charge in [0.25, 0.3) is 0 Å². The van der Waals surface area contributed by atoms with Gasteiger partial charge in [-0.15, -0.1) is 0 Å². The molecule has 0 saturated carbocycles. The number of nitrogens with one attached hydrogen (secondary N) is 1. The highest BCUT2D eigenvalue weighted by Gasteiger charge is 2.18. The maximum absolute atomic E-state index is 12.4. The Hall–Kier alpha value is -3.08. The van der Waals surface area contributed by atoms with Crippen LogP contribution in [0.2, 0.25) is 0 Å². The van der Waals surface area contributed by atoms with E-state index in [2.05, 4.69) is 29.3 Å². The number of carbonyl (C=O) groups is 2. The van der Waals surface area contributed by atoms with Crippen LogP contribution in [0.4, 0.5) is 11.4 Å². The number of hydrogen-bond acceptors (Lipinski definition) is 3. The van der Waals surface area contributed by atoms with Gasteiger partial charge >= 0.3 is 0 Å². The minimum absolute atomic E-state index is 0.239. The molecule has 27 heavy (non-hydrogen) atoms. The van der Waals surface area contributed by atoms with E-state index < -0.39 is 5.91 Å². The van der Waals surface area contributed by atoms with Gasteiger partial charge < -0.3 is 16.0 Å². The Morgan fingerprint density at radius 3 is 2.44 bits per heavy atom. The number of anilines is 2. The van der Waals surface area contributed by atoms with Gasteiger partial charge in [0.15, 0.2) is 0 Å². The van der Waals surface area contributed by atoms with E-state index in [1.807, 2.05) is 18.2 Å². The largest absolute Gasteiger partial charge is 0.370 e. The molecule has 0 aliphatic carbocycles. The number of rotatable bonds is 6. The van der Waals surface area contributed by atoms with Crippen molar-refractivity contribution in [3.8, 4) is 0 Å². The molecular formula is C22H25N3O2. The van der Waals surface area contributed by atoms with E-state index in [1.54, 1.807) is 18.2 Å². The summed E-state index contributed by atoms with van der Waals surface area (Å²) in [5, 5.41) is 2.90. The number of nitrogens with two attached hydrogens (primary N) is 1. The molecule has 0 bridgehead atoms. The van der Waals surface area contributed by atoms with Crippen molar-refractivity contribution in [3.05, 3.63) is 65.2 Å². The van der Waals surface area contributed by atoms with Crippen LogP contribution in [0.15, 0.2) is 48.5 Å². The van der Waals surface area contributed by atoms with Crippen LogP contribution in [0.5, 0.6) is 0 Å². The van der Waals surface area contributed by atoms with Crippen LogP contribution in [0.1, 0.15) is 41.3 Å². The molecule has 1 saturated heterocycles. The van der Waals surface area contributed by atoms with Gasteiger partial charge in [0, 0.05) is 24.7 Å². The minimum atomic E-state index is -0.509. The molecule has 3 N–H and O–H groups in total. The van der Waals surface area contributed by atoms with E-state index in [0.29, 0.717) is 11.3 Å². The van der Waals surface area contributed by atoms with Crippen molar-refractivity contribution in [2.75, 3.05) is 23.3 Å². The van der Waals surface area contributed by atoms with Gasteiger partial charge in [-0.2, -0.15) is 0 Å². The Morgan fingerprint density at radius 1 is 1.11 bits per heavy atom. The Morgan fingerprint density at radius 2 is 1.81 bits per heavy atom. The van der Waals surface area contributed by atoms with Crippen LogP contribution >= 0.6 is 0 Å². The van der Waals surface area contributed by atoms with E-state index in [1.165, 1.54) is 11.6 Å². The molecule has 2 amide bonds. The van der Waals surface area contributed by atoms with Crippen molar-refractivity contribution in [3.63, 3.8) is 0 Å². The molecule has 2 aromatic rings. The summed E-state index contributed by atoms with van der Waals surface area (Å²) in [6, 6.07) is 13.3. The van der Waals surface area contributed by atoms with Gasteiger partial charge in [-0.3, -0.25) is 9.59 Å². The lowest BCUT2D eigenvalue weighted by Gasteiger charge is -2.21. The van der Waals surface area contributed by atoms with Gasteiger partial charge in [0.05, 0.1) is 11.4 Å². The Bertz CT molecular complexity index is 850. The van der Waals surface area contributed by atoms with E-state index in [9.17, 15) is 9.59 Å². The van der Waals surface area contributed by atoms with Gasteiger partial charge in [0.2, 0.25) is 11.8 Å². The molecule has 1 aliphatic heterocycles. The quantitative estimate of drug-likeness (QED) is 0.770. The van der Waals surface area contributed by atoms with Crippen molar-refractivity contribution < 1.29 is 9.59 Å². The zero-order valence-electron chi connectivity index (χ0n) is 15.6. The summed E-state index contributed by atoms with van der Waals surface area (Å²) in [4.78, 5) is 26.2. The standard InChI is InChI=1S/C22H25N3O2/c1-2-16-5-7-17(8-6-16)9-12-21(26)24-19-15-18(22(23)27)10-11-20(19)25-13-3-4-14-25/h5-12,15H,2-4,13-14H2,1H3,(H2,23,27)(H,24,26)/b12-9+. The topological polar surface area (TPSA) is 75.4 Å². The highest BCUT2D eigenvalue weighted by Crippen LogP contribution is 2.30. The van der Waals surface area contributed by atoms with Crippen LogP contribution in [0.3, 0.4) is 0 Å². The van der Waals surface area contributed by atoms with E-state index in [0.717, 1.165) is 43.6 Å². The number of aryl methyl sites for hydroxylation is 1. The van der Waals surface area contributed by atoms with Crippen molar-refractivity contribution in [2.45, 2.75) is 26.2 Å². The molecule has 2 aromatic carbocycles. The number of benzene rings is 2. The van der Waals surface area contributed by atoms with Crippen LogP contribution in [-0.2, 0) is 11.2 Å². The molecule has 0 unspecified atom stereocenters. The summed E-state index contributed by atoms with van der Waals surface area (Å²) in [6.07, 6.45) is 6.52. The lowest BCUT2D eigenvalue weighted by Crippen LogP contribution is -2.21. The number of nitrogens with zero attached hydrogens (tertiary/aromatic N) is 1. The Labute approximate surface area is 159 Å². The number of hydrogen-bond donors (Lipinski definition) is 2. The maximum atomic E-state index is 12.4. The lowest BCUT2D eigenvalue weighted by molar-refractivity contribution is -0.111. The molecule has 140 valence electrons. The fourth-order valence-corrected chi connectivity index (χ4v) is 3.23. The molecule has 1 aliphatic rings. The zero-order valence-corrected chi connectivity index (χ0v) is 15.6. The van der Waals surface area contributed by atoms with Crippen LogP contribution < -0.4 is 16.0 Å². The Kier molecular flexibility index (Phi) is 5.91. The second-order valence-electron chi connectivity index (χ2n) is 6.71. The average Bonchev–Trinajstić information content (AvgIpc) is 3.21. The molecule has 1 heterocycles. The highest BCUT2D eigenvalue weighted by molar-refractivity contribution is 6.05. The first-order valence-corrected chi connectivity index (χ1v) is 9.33. The second-order valence-corrected chi connectivity index (χ2v) is 6.71. The molecule has 5 nitrogen and oxygen atoms in total. The third kappa shape index (κ3) is 4.76. The summed E-state index contributed by atoms with van der Waals surface area (Å²) in [5.41, 5.74) is 9.54. The van der Waals surface area contributed by atoms with E-state index >= 15 is 0 Å². The molecular weight excluding hydrogens is 338 g/mol. The van der Waals surface area contributed by atoms with E-state index in [4.69, 9.17) is 5.73 Å². The van der Waals surface area contributed by atoms with Crippen molar-refractivity contribution in [1.29, 1.82) is 0 Å². The smallest absolute Gasteiger partial charge is 0.248 e. The zero-order chi connectivity index (χ0) is 19.2. The van der Waals surface area contributed by atoms with Gasteiger partial charge in [-0.25, -0.2) is 0 Å². The van der Waals surface area contributed by atoms with Crippen molar-refractivity contribution >= 4 is 29.3 Å². The van der Waals surface area contributed by atoms with Crippen LogP contribution in [0.25, 0.3) is 6.08 Å². The van der Waals surface area contributed by atoms with E-state index in [-0.39, 0.29) is 5.91 Å². The molecule has 1 fully saturated rings. The number of primary amides is 1. The minimum Gasteiger partial charge on any atom is -0.370 e. The Balaban J connectivity index is 1.77. The fourth-order valence-electron chi connectivity index (χ4n) is 3.23. The summed E-state index contributed by atoms with van der Waals surface area (Å²) in [5.74, 6) is -0.748. The fraction of sp³-hybridized carbons (Fsp3) is 0.273. The maximum Gasteiger partial charge on any atom is 0.248 e. The first kappa shape index (κ1) is 18.7. The second kappa shape index (κ2) is 8.54. The highest BCUT2D eigenvalue weighted by atomic mass is 16.1. The first-order chi connectivity index (χ1) is 13.1. The normalized spacial score (nSPS) is 13.9. The monoisotopic (exact) mass is 363 g/mol. The van der Waals surface area contributed by atoms with Crippen LogP contribution in [-0.4, -0.2) is 24.9 Å². The SMILES string of the molecule is CCc1ccc(/C=C/C(=O)Nc2cc(C(N)=O)ccc2N2CCCC2)cc1. The van der Waals surface area contributed by atoms with Crippen molar-refractivity contribution in [1.82, 2.24) is 0 Å². The number of amides is 2. The molecule has 5 heteroatoms. The van der Waals surface area contributed by atoms with Gasteiger partial charge in [-0.05, 0) is 54.7 Å². The predicted octanol–water partition coefficient (Wildman–Crippen LogP) is 3.60. The molecule has 0 radical (unpaired) electrons. The summed E-state index contributed by atoms with van der Waals surface area (Å²) >= 11 is 0. The predicted molar refractivity (Wildman–Crippen MR) is 110 cm³/mol. The van der Waals surface area contributed by atoms with Gasteiger partial charge in [0.1, 0.15) is 0 Å². The molecule has 0 spiro atoms. The third-order valence-corrected chi connectivity index (χ3v) is 4.80. The first-order valence-electron chi connectivity index (χ1n) is 9.33. The van der Waals surface area contributed by atoms with Gasteiger partial charge in [-0.1, -0.05) is 31.2 Å². The van der Waals surface area contributed by atoms with Crippen molar-refractivity contribution in [2.24, 2.45) is 5.73 Å². The average molecular weight is 363 g/mol. The van der Waals surface area contributed by atoms with Crippen LogP contribution in [0, 0.1) is 0 Å². The molecule has 0 aromatic heterocycles. The summed E-state index contributed by atoms with van der Waals surface area (Å²) < 4.78 is 0. The number of carbonyl (C=O) groups excluding carboxylic acids is 2. The molecule has 3 rings (SSSR count). The third-order valence-electron chi connectivity index (χ3n) is 4.80. The summed E-state index contributed by atoms with van der Waals surface area (Å²) in [6.45, 7) is 3.99. The lowest BCUT2D eigenvalue weighted by atomic mass is 10.1. The summed E-state index contributed by atoms with van der Waals surface area (Å²) in [7, 11) is 0. The molecule has 0 atom stereocenters.